The Bertz CT molecular complexity index is 610. The molecule has 0 spiro atoms. The number of nitrogens with zero attached hydrogens (tertiary/aromatic N) is 3. The second-order valence-electron chi connectivity index (χ2n) is 4.14. The number of amides is 1. The number of aryl methyl sites for hydroxylation is 1. The Morgan fingerprint density at radius 2 is 2.11 bits per heavy atom. The van der Waals surface area contributed by atoms with Crippen LogP contribution in [0.1, 0.15) is 15.4 Å². The van der Waals surface area contributed by atoms with Gasteiger partial charge in [0.25, 0.3) is 5.91 Å². The number of benzene rings is 1. The van der Waals surface area contributed by atoms with Gasteiger partial charge in [-0.05, 0) is 25.1 Å². The van der Waals surface area contributed by atoms with Gasteiger partial charge in [-0.25, -0.2) is 0 Å². The topological polar surface area (TPSA) is 72.1 Å². The molecule has 0 atom stereocenters. The minimum atomic E-state index is -0.0602. The van der Waals surface area contributed by atoms with E-state index in [2.05, 4.69) is 10.2 Å². The molecule has 7 heteroatoms. The van der Waals surface area contributed by atoms with Crippen molar-refractivity contribution in [1.82, 2.24) is 15.1 Å². The van der Waals surface area contributed by atoms with Crippen LogP contribution in [0, 0.1) is 6.92 Å². The van der Waals surface area contributed by atoms with Crippen molar-refractivity contribution in [3.8, 4) is 0 Å². The molecular weight excluding hydrogens is 280 g/mol. The molecule has 1 amide bonds. The summed E-state index contributed by atoms with van der Waals surface area (Å²) in [5.74, 6) is -0.0602. The van der Waals surface area contributed by atoms with E-state index in [0.29, 0.717) is 11.3 Å². The van der Waals surface area contributed by atoms with E-state index in [0.717, 1.165) is 14.2 Å². The van der Waals surface area contributed by atoms with Gasteiger partial charge in [0.2, 0.25) is 0 Å². The van der Waals surface area contributed by atoms with Crippen LogP contribution in [0.2, 0.25) is 0 Å². The van der Waals surface area contributed by atoms with Crippen molar-refractivity contribution >= 4 is 34.7 Å². The van der Waals surface area contributed by atoms with Gasteiger partial charge in [0.05, 0.1) is 0 Å². The maximum absolute atomic E-state index is 11.8. The third-order valence-corrected chi connectivity index (χ3v) is 4.35. The molecular formula is C12H14N4OS2. The normalized spacial score (nSPS) is 10.5. The number of nitrogen functional groups attached to an aromatic ring is 1. The zero-order chi connectivity index (χ0) is 14.0. The van der Waals surface area contributed by atoms with Gasteiger partial charge in [0.15, 0.2) is 4.34 Å². The van der Waals surface area contributed by atoms with Crippen LogP contribution in [0.4, 0.5) is 5.69 Å². The number of carbonyl (C=O) groups is 1. The predicted molar refractivity (Wildman–Crippen MR) is 77.6 cm³/mol. The summed E-state index contributed by atoms with van der Waals surface area (Å²) in [6.07, 6.45) is 0. The van der Waals surface area contributed by atoms with Crippen LogP contribution in [0.3, 0.4) is 0 Å². The van der Waals surface area contributed by atoms with Crippen LogP contribution in [-0.4, -0.2) is 35.1 Å². The molecule has 0 aliphatic carbocycles. The number of anilines is 1. The third kappa shape index (κ3) is 3.24. The zero-order valence-electron chi connectivity index (χ0n) is 10.9. The first kappa shape index (κ1) is 13.8. The van der Waals surface area contributed by atoms with E-state index in [1.54, 1.807) is 26.2 Å². The maximum atomic E-state index is 11.8. The van der Waals surface area contributed by atoms with Crippen LogP contribution in [0.5, 0.6) is 0 Å². The van der Waals surface area contributed by atoms with Crippen LogP contribution >= 0.6 is 23.1 Å². The Labute approximate surface area is 119 Å². The number of hydrogen-bond donors (Lipinski definition) is 1. The van der Waals surface area contributed by atoms with E-state index in [1.807, 2.05) is 13.0 Å². The lowest BCUT2D eigenvalue weighted by Crippen LogP contribution is -2.21. The molecule has 5 nitrogen and oxygen atoms in total. The summed E-state index contributed by atoms with van der Waals surface area (Å²) in [5.41, 5.74) is 7.14. The number of hydrogen-bond acceptors (Lipinski definition) is 6. The lowest BCUT2D eigenvalue weighted by atomic mass is 10.2. The van der Waals surface area contributed by atoms with Crippen LogP contribution in [-0.2, 0) is 0 Å². The Balaban J connectivity index is 2.22. The molecule has 1 heterocycles. The van der Waals surface area contributed by atoms with Crippen molar-refractivity contribution in [2.45, 2.75) is 16.2 Å². The fourth-order valence-corrected chi connectivity index (χ4v) is 3.24. The van der Waals surface area contributed by atoms with E-state index in [-0.39, 0.29) is 5.91 Å². The standard InChI is InChI=1S/C12H14N4OS2/c1-7-14-15-12(18-7)19-10-5-4-8(6-9(10)13)11(17)16(2)3/h4-6H,13H2,1-3H3. The molecule has 0 radical (unpaired) electrons. The van der Waals surface area contributed by atoms with Gasteiger partial charge in [-0.3, -0.25) is 4.79 Å². The molecule has 0 bridgehead atoms. The summed E-state index contributed by atoms with van der Waals surface area (Å²) in [7, 11) is 3.43. The van der Waals surface area contributed by atoms with Crippen molar-refractivity contribution in [2.75, 3.05) is 19.8 Å². The highest BCUT2D eigenvalue weighted by Gasteiger charge is 2.11. The van der Waals surface area contributed by atoms with Gasteiger partial charge < -0.3 is 10.6 Å². The molecule has 2 rings (SSSR count). The SMILES string of the molecule is Cc1nnc(Sc2ccc(C(=O)N(C)C)cc2N)s1. The average molecular weight is 294 g/mol. The van der Waals surface area contributed by atoms with E-state index in [4.69, 9.17) is 5.73 Å². The molecule has 100 valence electrons. The fourth-order valence-electron chi connectivity index (χ4n) is 1.45. The Kier molecular flexibility index (Phi) is 4.06. The van der Waals surface area contributed by atoms with Gasteiger partial charge in [-0.15, -0.1) is 10.2 Å². The highest BCUT2D eigenvalue weighted by molar-refractivity contribution is 8.01. The third-order valence-electron chi connectivity index (χ3n) is 2.37. The van der Waals surface area contributed by atoms with E-state index in [1.165, 1.54) is 28.0 Å². The molecule has 0 saturated heterocycles. The lowest BCUT2D eigenvalue weighted by Gasteiger charge is -2.11. The van der Waals surface area contributed by atoms with E-state index < -0.39 is 0 Å². The molecule has 19 heavy (non-hydrogen) atoms. The Hall–Kier alpha value is -1.60. The first-order chi connectivity index (χ1) is 8.97. The highest BCUT2D eigenvalue weighted by atomic mass is 32.2. The molecule has 0 unspecified atom stereocenters. The van der Waals surface area contributed by atoms with Gasteiger partial charge >= 0.3 is 0 Å². The highest BCUT2D eigenvalue weighted by Crippen LogP contribution is 2.34. The molecule has 0 aliphatic rings. The number of nitrogens with two attached hydrogens (primary N) is 1. The summed E-state index contributed by atoms with van der Waals surface area (Å²) in [5, 5.41) is 8.91. The molecule has 0 aliphatic heterocycles. The number of aromatic nitrogens is 2. The minimum Gasteiger partial charge on any atom is -0.398 e. The zero-order valence-corrected chi connectivity index (χ0v) is 12.5. The predicted octanol–water partition coefficient (Wildman–Crippen LogP) is 2.28. The maximum Gasteiger partial charge on any atom is 0.253 e. The van der Waals surface area contributed by atoms with Gasteiger partial charge in [0.1, 0.15) is 5.01 Å². The summed E-state index contributed by atoms with van der Waals surface area (Å²) in [6.45, 7) is 1.91. The second kappa shape index (κ2) is 5.58. The smallest absolute Gasteiger partial charge is 0.253 e. The fraction of sp³-hybridized carbons (Fsp3) is 0.250. The van der Waals surface area contributed by atoms with Crippen molar-refractivity contribution in [1.29, 1.82) is 0 Å². The van der Waals surface area contributed by atoms with E-state index >= 15 is 0 Å². The van der Waals surface area contributed by atoms with Crippen molar-refractivity contribution in [3.05, 3.63) is 28.8 Å². The van der Waals surface area contributed by atoms with Crippen molar-refractivity contribution in [2.24, 2.45) is 0 Å². The molecule has 1 aromatic heterocycles. The van der Waals surface area contributed by atoms with Gasteiger partial charge in [-0.2, -0.15) is 0 Å². The first-order valence-electron chi connectivity index (χ1n) is 5.56. The molecule has 0 fully saturated rings. The van der Waals surface area contributed by atoms with Crippen LogP contribution < -0.4 is 5.73 Å². The number of rotatable bonds is 3. The quantitative estimate of drug-likeness (QED) is 0.879. The van der Waals surface area contributed by atoms with Crippen molar-refractivity contribution < 1.29 is 4.79 Å². The first-order valence-corrected chi connectivity index (χ1v) is 7.20. The Morgan fingerprint density at radius 3 is 2.63 bits per heavy atom. The van der Waals surface area contributed by atoms with E-state index in [9.17, 15) is 4.79 Å². The number of carbonyl (C=O) groups excluding carboxylic acids is 1. The minimum absolute atomic E-state index is 0.0602. The Morgan fingerprint density at radius 1 is 1.37 bits per heavy atom. The van der Waals surface area contributed by atoms with Crippen LogP contribution in [0.15, 0.2) is 27.4 Å². The lowest BCUT2D eigenvalue weighted by molar-refractivity contribution is 0.0827. The molecule has 1 aromatic carbocycles. The van der Waals surface area contributed by atoms with Crippen molar-refractivity contribution in [3.63, 3.8) is 0 Å². The average Bonchev–Trinajstić information content (AvgIpc) is 2.76. The largest absolute Gasteiger partial charge is 0.398 e. The summed E-state index contributed by atoms with van der Waals surface area (Å²) < 4.78 is 0.843. The summed E-state index contributed by atoms with van der Waals surface area (Å²) >= 11 is 2.98. The monoisotopic (exact) mass is 294 g/mol. The van der Waals surface area contributed by atoms with Gasteiger partial charge in [0, 0.05) is 30.2 Å². The summed E-state index contributed by atoms with van der Waals surface area (Å²) in [6, 6.07) is 5.31. The molecule has 2 aromatic rings. The summed E-state index contributed by atoms with van der Waals surface area (Å²) in [4.78, 5) is 14.2. The van der Waals surface area contributed by atoms with Gasteiger partial charge in [-0.1, -0.05) is 23.1 Å². The molecule has 0 saturated carbocycles. The van der Waals surface area contributed by atoms with Crippen LogP contribution in [0.25, 0.3) is 0 Å². The second-order valence-corrected chi connectivity index (χ2v) is 6.61. The molecule has 2 N–H and O–H groups in total.